The number of nitrogens with one attached hydrogen (secondary N) is 1. The number of hydrogen-bond donors (Lipinski definition) is 1. The van der Waals surface area contributed by atoms with Gasteiger partial charge >= 0.3 is 5.97 Å². The number of para-hydroxylation sites is 1. The van der Waals surface area contributed by atoms with Gasteiger partial charge < -0.3 is 14.0 Å². The molecule has 0 fully saturated rings. The van der Waals surface area contributed by atoms with Crippen LogP contribution in [0.1, 0.15) is 23.2 Å². The zero-order valence-electron chi connectivity index (χ0n) is 16.1. The molecule has 11 heteroatoms. The molecule has 2 aromatic carbocycles. The first kappa shape index (κ1) is 21.8. The van der Waals surface area contributed by atoms with E-state index in [4.69, 9.17) is 25.6 Å². The van der Waals surface area contributed by atoms with Gasteiger partial charge in [0.05, 0.1) is 22.8 Å². The Morgan fingerprint density at radius 1 is 1.23 bits per heavy atom. The lowest BCUT2D eigenvalue weighted by molar-refractivity contribution is 0.0429. The van der Waals surface area contributed by atoms with Crippen molar-refractivity contribution < 1.29 is 27.2 Å². The molecule has 1 aromatic heterocycles. The Morgan fingerprint density at radius 3 is 2.73 bits per heavy atom. The van der Waals surface area contributed by atoms with Gasteiger partial charge in [-0.25, -0.2) is 17.9 Å². The van der Waals surface area contributed by atoms with E-state index in [1.807, 2.05) is 19.1 Å². The van der Waals surface area contributed by atoms with E-state index in [0.717, 1.165) is 6.07 Å². The maximum Gasteiger partial charge on any atom is 0.338 e. The summed E-state index contributed by atoms with van der Waals surface area (Å²) in [7, 11) is -2.59. The minimum atomic E-state index is -3.83. The summed E-state index contributed by atoms with van der Waals surface area (Å²) in [6.45, 7) is 2.05. The van der Waals surface area contributed by atoms with Crippen LogP contribution in [0.3, 0.4) is 0 Å². The molecule has 0 atom stereocenters. The van der Waals surface area contributed by atoms with E-state index in [2.05, 4.69) is 14.9 Å². The normalized spacial score (nSPS) is 11.3. The number of esters is 1. The van der Waals surface area contributed by atoms with E-state index in [1.165, 1.54) is 19.2 Å². The van der Waals surface area contributed by atoms with Crippen LogP contribution >= 0.6 is 11.6 Å². The summed E-state index contributed by atoms with van der Waals surface area (Å²) >= 11 is 5.92. The number of rotatable bonds is 8. The molecule has 0 saturated carbocycles. The minimum Gasteiger partial charge on any atom is -0.493 e. The van der Waals surface area contributed by atoms with Crippen molar-refractivity contribution in [2.45, 2.75) is 18.4 Å². The molecule has 9 nitrogen and oxygen atoms in total. The number of carbonyl (C=O) groups excluding carboxylic acids is 1. The van der Waals surface area contributed by atoms with Crippen molar-refractivity contribution in [1.82, 2.24) is 14.9 Å². The zero-order chi connectivity index (χ0) is 21.7. The Hall–Kier alpha value is -2.95. The van der Waals surface area contributed by atoms with E-state index in [0.29, 0.717) is 23.7 Å². The highest BCUT2D eigenvalue weighted by Crippen LogP contribution is 2.28. The fourth-order valence-electron chi connectivity index (χ4n) is 2.51. The molecule has 3 aromatic rings. The zero-order valence-corrected chi connectivity index (χ0v) is 17.7. The van der Waals surface area contributed by atoms with Gasteiger partial charge in [-0.15, -0.1) is 0 Å². The van der Waals surface area contributed by atoms with E-state index in [1.54, 1.807) is 12.1 Å². The van der Waals surface area contributed by atoms with E-state index in [9.17, 15) is 13.2 Å². The van der Waals surface area contributed by atoms with Crippen molar-refractivity contribution >= 4 is 27.6 Å². The van der Waals surface area contributed by atoms with Crippen LogP contribution < -0.4 is 9.46 Å². The third kappa shape index (κ3) is 4.78. The first-order valence-corrected chi connectivity index (χ1v) is 10.7. The Balaban J connectivity index is 1.73. The average molecular weight is 452 g/mol. The smallest absolute Gasteiger partial charge is 0.338 e. The van der Waals surface area contributed by atoms with Crippen molar-refractivity contribution in [2.75, 3.05) is 13.7 Å². The lowest BCUT2D eigenvalue weighted by Gasteiger charge is -2.07. The van der Waals surface area contributed by atoms with Crippen molar-refractivity contribution in [1.29, 1.82) is 0 Å². The van der Waals surface area contributed by atoms with Crippen molar-refractivity contribution in [3.05, 3.63) is 58.9 Å². The molecule has 0 radical (unpaired) electrons. The second-order valence-electron chi connectivity index (χ2n) is 5.87. The number of nitrogens with zero attached hydrogens (tertiary/aromatic N) is 2. The first-order chi connectivity index (χ1) is 14.4. The summed E-state index contributed by atoms with van der Waals surface area (Å²) in [6.07, 6.45) is 0. The molecule has 0 aliphatic rings. The minimum absolute atomic E-state index is 0.00894. The van der Waals surface area contributed by atoms with Crippen LogP contribution in [0, 0.1) is 0 Å². The quantitative estimate of drug-likeness (QED) is 0.519. The maximum atomic E-state index is 12.3. The van der Waals surface area contributed by atoms with Crippen molar-refractivity contribution in [3.63, 3.8) is 0 Å². The third-order valence-electron chi connectivity index (χ3n) is 3.95. The average Bonchev–Trinajstić information content (AvgIpc) is 3.21. The Labute approximate surface area is 178 Å². The SMILES string of the molecule is CCOc1ccccc1-c1noc(COC(=O)c2ccc(Cl)c(S(=O)(=O)NC)c2)n1. The first-order valence-electron chi connectivity index (χ1n) is 8.80. The molecular formula is C19H18ClN3O6S. The van der Waals surface area contributed by atoms with Crippen LogP contribution in [-0.2, 0) is 21.4 Å². The number of sulfonamides is 1. The Bertz CT molecular complexity index is 1160. The second-order valence-corrected chi connectivity index (χ2v) is 8.13. The number of hydrogen-bond acceptors (Lipinski definition) is 8. The van der Waals surface area contributed by atoms with Gasteiger partial charge in [-0.05, 0) is 44.3 Å². The molecule has 0 saturated heterocycles. The van der Waals surface area contributed by atoms with Gasteiger partial charge in [0.1, 0.15) is 10.6 Å². The molecule has 30 heavy (non-hydrogen) atoms. The predicted molar refractivity (Wildman–Crippen MR) is 108 cm³/mol. The van der Waals surface area contributed by atoms with Gasteiger partial charge in [0.15, 0.2) is 6.61 Å². The van der Waals surface area contributed by atoms with Crippen LogP contribution in [0.5, 0.6) is 5.75 Å². The van der Waals surface area contributed by atoms with E-state index in [-0.39, 0.29) is 28.0 Å². The lowest BCUT2D eigenvalue weighted by atomic mass is 10.2. The van der Waals surface area contributed by atoms with Crippen LogP contribution in [-0.4, -0.2) is 38.2 Å². The van der Waals surface area contributed by atoms with Crippen LogP contribution in [0.25, 0.3) is 11.4 Å². The number of halogens is 1. The Kier molecular flexibility index (Phi) is 6.70. The molecule has 0 bridgehead atoms. The summed E-state index contributed by atoms with van der Waals surface area (Å²) in [5, 5.41) is 3.87. The number of benzene rings is 2. The molecule has 0 aliphatic carbocycles. The number of aromatic nitrogens is 2. The molecule has 158 valence electrons. The number of carbonyl (C=O) groups is 1. The summed E-state index contributed by atoms with van der Waals surface area (Å²) in [5.74, 6) is 0.193. The van der Waals surface area contributed by atoms with Gasteiger partial charge in [0.25, 0.3) is 5.89 Å². The van der Waals surface area contributed by atoms with Gasteiger partial charge in [-0.1, -0.05) is 28.9 Å². The van der Waals surface area contributed by atoms with Crippen LogP contribution in [0.15, 0.2) is 51.9 Å². The summed E-state index contributed by atoms with van der Waals surface area (Å²) < 4.78 is 42.0. The number of ether oxygens (including phenoxy) is 2. The highest BCUT2D eigenvalue weighted by atomic mass is 35.5. The third-order valence-corrected chi connectivity index (χ3v) is 5.84. The summed E-state index contributed by atoms with van der Waals surface area (Å²) in [6, 6.07) is 11.0. The summed E-state index contributed by atoms with van der Waals surface area (Å²) in [5.41, 5.74) is 0.648. The fraction of sp³-hybridized carbons (Fsp3) is 0.211. The fourth-order valence-corrected chi connectivity index (χ4v) is 3.76. The van der Waals surface area contributed by atoms with Gasteiger partial charge in [0.2, 0.25) is 15.8 Å². The Morgan fingerprint density at radius 2 is 2.00 bits per heavy atom. The highest BCUT2D eigenvalue weighted by Gasteiger charge is 2.20. The summed E-state index contributed by atoms with van der Waals surface area (Å²) in [4.78, 5) is 16.3. The van der Waals surface area contributed by atoms with Gasteiger partial charge in [-0.2, -0.15) is 4.98 Å². The largest absolute Gasteiger partial charge is 0.493 e. The van der Waals surface area contributed by atoms with Crippen LogP contribution in [0.2, 0.25) is 5.02 Å². The molecule has 3 rings (SSSR count). The maximum absolute atomic E-state index is 12.3. The molecule has 1 N–H and O–H groups in total. The molecule has 0 amide bonds. The molecule has 1 heterocycles. The molecular weight excluding hydrogens is 434 g/mol. The molecule has 0 spiro atoms. The van der Waals surface area contributed by atoms with Gasteiger partial charge in [0, 0.05) is 0 Å². The molecule has 0 aliphatic heterocycles. The monoisotopic (exact) mass is 451 g/mol. The highest BCUT2D eigenvalue weighted by molar-refractivity contribution is 7.89. The molecule has 0 unspecified atom stereocenters. The topological polar surface area (TPSA) is 121 Å². The standard InChI is InChI=1S/C19H18ClN3O6S/c1-3-27-15-7-5-4-6-13(15)18-22-17(29-23-18)11-28-19(24)12-8-9-14(20)16(10-12)30(25,26)21-2/h4-10,21H,3,11H2,1-2H3. The van der Waals surface area contributed by atoms with Crippen LogP contribution in [0.4, 0.5) is 0 Å². The second kappa shape index (κ2) is 9.24. The van der Waals surface area contributed by atoms with E-state index < -0.39 is 16.0 Å². The lowest BCUT2D eigenvalue weighted by Crippen LogP contribution is -2.19. The van der Waals surface area contributed by atoms with Crippen molar-refractivity contribution in [3.8, 4) is 17.1 Å². The van der Waals surface area contributed by atoms with Gasteiger partial charge in [-0.3, -0.25) is 0 Å². The van der Waals surface area contributed by atoms with Crippen molar-refractivity contribution in [2.24, 2.45) is 0 Å². The predicted octanol–water partition coefficient (Wildman–Crippen LogP) is 3.05. The van der Waals surface area contributed by atoms with E-state index >= 15 is 0 Å².